The summed E-state index contributed by atoms with van der Waals surface area (Å²) in [5.41, 5.74) is 0.967. The fraction of sp³-hybridized carbons (Fsp3) is 0.391. The van der Waals surface area contributed by atoms with Crippen molar-refractivity contribution >= 4 is 11.8 Å². The number of rotatable bonds is 10. The second kappa shape index (κ2) is 12.2. The summed E-state index contributed by atoms with van der Waals surface area (Å²) in [6.45, 7) is -0.612. The summed E-state index contributed by atoms with van der Waals surface area (Å²) in [7, 11) is 1.26. The fourth-order valence-electron chi connectivity index (χ4n) is 3.57. The lowest BCUT2D eigenvalue weighted by Crippen LogP contribution is -2.45. The molecule has 1 aliphatic rings. The number of hydrogen-bond acceptors (Lipinski definition) is 6. The second-order valence-corrected chi connectivity index (χ2v) is 7.45. The van der Waals surface area contributed by atoms with Crippen LogP contribution in [0, 0.1) is 5.82 Å². The lowest BCUT2D eigenvalue weighted by molar-refractivity contribution is -0.120. The molecule has 1 atom stereocenters. The number of carbonyl (C=O) groups excluding carboxylic acids is 2. The van der Waals surface area contributed by atoms with Gasteiger partial charge in [0.25, 0.3) is 5.91 Å². The van der Waals surface area contributed by atoms with Crippen molar-refractivity contribution in [3.63, 3.8) is 0 Å². The summed E-state index contributed by atoms with van der Waals surface area (Å²) >= 11 is 0. The molecule has 1 saturated heterocycles. The molecule has 3 rings (SSSR count). The highest BCUT2D eigenvalue weighted by Crippen LogP contribution is 2.29. The lowest BCUT2D eigenvalue weighted by Gasteiger charge is -2.35. The summed E-state index contributed by atoms with van der Waals surface area (Å²) in [6, 6.07) is 9.64. The molecule has 0 aliphatic carbocycles. The van der Waals surface area contributed by atoms with E-state index >= 15 is 0 Å². The fourth-order valence-corrected chi connectivity index (χ4v) is 3.57. The number of methoxy groups -OCH3 is 1. The topological polar surface area (TPSA) is 89.1 Å². The number of carbonyl (C=O) groups is 2. The van der Waals surface area contributed by atoms with E-state index in [1.54, 1.807) is 12.1 Å². The minimum atomic E-state index is -3.03. The molecule has 184 valence electrons. The minimum Gasteiger partial charge on any atom is -0.493 e. The summed E-state index contributed by atoms with van der Waals surface area (Å²) in [4.78, 5) is 26.9. The monoisotopic (exact) mass is 481 g/mol. The average molecular weight is 481 g/mol. The predicted molar refractivity (Wildman–Crippen MR) is 117 cm³/mol. The Labute approximate surface area is 195 Å². The Balaban J connectivity index is 1.56. The highest BCUT2D eigenvalue weighted by Gasteiger charge is 2.23. The average Bonchev–Trinajstić information content (AvgIpc) is 2.84. The third-order valence-corrected chi connectivity index (χ3v) is 5.29. The molecule has 2 aromatic carbocycles. The number of benzene rings is 2. The maximum Gasteiger partial charge on any atom is 0.387 e. The molecule has 0 spiro atoms. The molecule has 2 amide bonds. The largest absolute Gasteiger partial charge is 0.493 e. The predicted octanol–water partition coefficient (Wildman–Crippen LogP) is 2.36. The number of amides is 2. The van der Waals surface area contributed by atoms with Gasteiger partial charge < -0.3 is 24.8 Å². The Hall–Kier alpha value is -3.31. The first-order valence-electron chi connectivity index (χ1n) is 10.6. The smallest absolute Gasteiger partial charge is 0.387 e. The Bertz CT molecular complexity index is 969. The second-order valence-electron chi connectivity index (χ2n) is 7.45. The van der Waals surface area contributed by atoms with Crippen LogP contribution in [0.15, 0.2) is 42.5 Å². The molecule has 0 radical (unpaired) electrons. The van der Waals surface area contributed by atoms with Gasteiger partial charge in [0.2, 0.25) is 5.91 Å². The Morgan fingerprint density at radius 3 is 2.41 bits per heavy atom. The van der Waals surface area contributed by atoms with Crippen LogP contribution in [0.25, 0.3) is 0 Å². The maximum absolute atomic E-state index is 13.4. The van der Waals surface area contributed by atoms with Crippen LogP contribution < -0.4 is 20.1 Å². The van der Waals surface area contributed by atoms with Gasteiger partial charge in [0, 0.05) is 25.2 Å². The number of nitrogens with zero attached hydrogens (tertiary/aromatic N) is 1. The zero-order chi connectivity index (χ0) is 24.5. The quantitative estimate of drug-likeness (QED) is 0.542. The molecule has 1 heterocycles. The van der Waals surface area contributed by atoms with Crippen LogP contribution in [0.5, 0.6) is 11.5 Å². The number of ether oxygens (including phenoxy) is 3. The van der Waals surface area contributed by atoms with Gasteiger partial charge in [-0.1, -0.05) is 12.1 Å². The van der Waals surface area contributed by atoms with Crippen molar-refractivity contribution in [3.05, 3.63) is 59.4 Å². The summed E-state index contributed by atoms with van der Waals surface area (Å²) < 4.78 is 53.0. The molecule has 0 aromatic heterocycles. The van der Waals surface area contributed by atoms with E-state index < -0.39 is 18.4 Å². The molecule has 34 heavy (non-hydrogen) atoms. The molecule has 2 aromatic rings. The van der Waals surface area contributed by atoms with Gasteiger partial charge in [0.15, 0.2) is 11.5 Å². The molecular formula is C23H26F3N3O5. The molecule has 1 fully saturated rings. The van der Waals surface area contributed by atoms with E-state index in [1.807, 2.05) is 0 Å². The number of alkyl halides is 2. The van der Waals surface area contributed by atoms with Crippen LogP contribution in [0.1, 0.15) is 22.0 Å². The molecule has 1 aliphatic heterocycles. The number of hydrogen-bond donors (Lipinski definition) is 2. The molecule has 11 heteroatoms. The summed E-state index contributed by atoms with van der Waals surface area (Å²) in [5.74, 6) is -1.59. The van der Waals surface area contributed by atoms with Crippen molar-refractivity contribution in [3.8, 4) is 11.5 Å². The lowest BCUT2D eigenvalue weighted by atomic mass is 10.0. The van der Waals surface area contributed by atoms with Gasteiger partial charge >= 0.3 is 6.61 Å². The first-order chi connectivity index (χ1) is 16.4. The Morgan fingerprint density at radius 1 is 1.06 bits per heavy atom. The van der Waals surface area contributed by atoms with Gasteiger partial charge in [0.05, 0.1) is 32.9 Å². The van der Waals surface area contributed by atoms with Gasteiger partial charge in [-0.25, -0.2) is 4.39 Å². The van der Waals surface area contributed by atoms with E-state index in [-0.39, 0.29) is 42.0 Å². The van der Waals surface area contributed by atoms with Gasteiger partial charge in [0.1, 0.15) is 5.82 Å². The minimum absolute atomic E-state index is 0.0370. The summed E-state index contributed by atoms with van der Waals surface area (Å²) in [5, 5.41) is 5.28. The summed E-state index contributed by atoms with van der Waals surface area (Å²) in [6.07, 6.45) is 0. The third kappa shape index (κ3) is 7.09. The van der Waals surface area contributed by atoms with Crippen molar-refractivity contribution in [2.75, 3.05) is 46.5 Å². The van der Waals surface area contributed by atoms with E-state index in [0.29, 0.717) is 26.3 Å². The molecule has 1 unspecified atom stereocenters. The zero-order valence-corrected chi connectivity index (χ0v) is 18.6. The van der Waals surface area contributed by atoms with Crippen molar-refractivity contribution in [2.24, 2.45) is 0 Å². The Morgan fingerprint density at radius 2 is 1.76 bits per heavy atom. The van der Waals surface area contributed by atoms with Crippen LogP contribution >= 0.6 is 0 Å². The van der Waals surface area contributed by atoms with Gasteiger partial charge in [-0.05, 0) is 35.9 Å². The first kappa shape index (κ1) is 25.3. The first-order valence-corrected chi connectivity index (χ1v) is 10.6. The molecule has 0 saturated carbocycles. The third-order valence-electron chi connectivity index (χ3n) is 5.29. The number of morpholine rings is 1. The van der Waals surface area contributed by atoms with Crippen molar-refractivity contribution in [2.45, 2.75) is 12.7 Å². The van der Waals surface area contributed by atoms with Crippen LogP contribution in [-0.4, -0.2) is 69.8 Å². The zero-order valence-electron chi connectivity index (χ0n) is 18.6. The highest BCUT2D eigenvalue weighted by molar-refractivity contribution is 5.97. The van der Waals surface area contributed by atoms with Crippen LogP contribution in [0.4, 0.5) is 13.2 Å². The maximum atomic E-state index is 13.4. The molecule has 8 nitrogen and oxygen atoms in total. The molecular weight excluding hydrogens is 455 g/mol. The Kier molecular flexibility index (Phi) is 9.11. The number of nitrogens with one attached hydrogen (secondary N) is 2. The van der Waals surface area contributed by atoms with Gasteiger partial charge in [-0.2, -0.15) is 8.78 Å². The van der Waals surface area contributed by atoms with Crippen LogP contribution in [0.2, 0.25) is 0 Å². The SMILES string of the molecule is COc1cc(C(=O)NCC(=O)NCC(c2ccc(F)cc2)N2CCOCC2)ccc1OC(F)F. The van der Waals surface area contributed by atoms with E-state index in [0.717, 1.165) is 5.56 Å². The van der Waals surface area contributed by atoms with E-state index in [9.17, 15) is 22.8 Å². The standard InChI is InChI=1S/C23H26F3N3O5/c1-32-20-12-16(4-7-19(20)34-23(25)26)22(31)28-14-21(30)27-13-18(29-8-10-33-11-9-29)15-2-5-17(24)6-3-15/h2-7,12,18,23H,8-11,13-14H2,1H3,(H,27,30)(H,28,31). The van der Waals surface area contributed by atoms with Crippen molar-refractivity contribution in [1.29, 1.82) is 0 Å². The normalized spacial score (nSPS) is 15.0. The van der Waals surface area contributed by atoms with Gasteiger partial charge in [-0.15, -0.1) is 0 Å². The van der Waals surface area contributed by atoms with Crippen LogP contribution in [-0.2, 0) is 9.53 Å². The molecule has 2 N–H and O–H groups in total. The van der Waals surface area contributed by atoms with Crippen molar-refractivity contribution in [1.82, 2.24) is 15.5 Å². The molecule has 0 bridgehead atoms. The van der Waals surface area contributed by atoms with E-state index in [2.05, 4.69) is 20.3 Å². The number of halogens is 3. The van der Waals surface area contributed by atoms with Crippen molar-refractivity contribution < 1.29 is 37.0 Å². The van der Waals surface area contributed by atoms with Crippen LogP contribution in [0.3, 0.4) is 0 Å². The van der Waals surface area contributed by atoms with E-state index in [4.69, 9.17) is 9.47 Å². The van der Waals surface area contributed by atoms with E-state index in [1.165, 1.54) is 37.4 Å². The highest BCUT2D eigenvalue weighted by atomic mass is 19.3. The van der Waals surface area contributed by atoms with Gasteiger partial charge in [-0.3, -0.25) is 14.5 Å².